The Hall–Kier alpha value is -2.57. The zero-order valence-corrected chi connectivity index (χ0v) is 10.5. The summed E-state index contributed by atoms with van der Waals surface area (Å²) in [6.07, 6.45) is 0.979. The Balaban J connectivity index is 3.15. The van der Waals surface area contributed by atoms with E-state index in [-0.39, 0.29) is 23.6 Å². The zero-order valence-electron chi connectivity index (χ0n) is 10.5. The Labute approximate surface area is 109 Å². The van der Waals surface area contributed by atoms with Crippen molar-refractivity contribution in [3.05, 3.63) is 40.5 Å². The monoisotopic (exact) mass is 267 g/mol. The summed E-state index contributed by atoms with van der Waals surface area (Å²) in [7, 11) is 2.78. The van der Waals surface area contributed by atoms with Gasteiger partial charge in [0.25, 0.3) is 5.69 Å². The molecule has 0 aliphatic heterocycles. The van der Waals surface area contributed by atoms with Crippen molar-refractivity contribution in [3.8, 4) is 11.5 Å². The first-order chi connectivity index (χ1) is 9.03. The minimum Gasteiger partial charge on any atom is -0.493 e. The summed E-state index contributed by atoms with van der Waals surface area (Å²) in [5, 5.41) is 11.0. The lowest BCUT2D eigenvalue weighted by atomic mass is 10.1. The van der Waals surface area contributed by atoms with E-state index in [0.29, 0.717) is 5.75 Å². The molecule has 0 bridgehead atoms. The van der Waals surface area contributed by atoms with E-state index in [4.69, 9.17) is 14.2 Å². The molecule has 0 radical (unpaired) electrons. The largest absolute Gasteiger partial charge is 0.493 e. The minimum atomic E-state index is -0.663. The van der Waals surface area contributed by atoms with E-state index in [1.54, 1.807) is 0 Å². The van der Waals surface area contributed by atoms with Crippen molar-refractivity contribution in [3.63, 3.8) is 0 Å². The average molecular weight is 267 g/mol. The SMILES string of the molecule is C=CC(=O)OCc1cc(OC)c(OC)cc1[N+](=O)[O-]. The fourth-order valence-corrected chi connectivity index (χ4v) is 1.40. The first-order valence-electron chi connectivity index (χ1n) is 5.22. The van der Waals surface area contributed by atoms with Crippen molar-refractivity contribution in [2.75, 3.05) is 14.2 Å². The standard InChI is InChI=1S/C12H13NO6/c1-4-12(14)19-7-8-5-10(17-2)11(18-3)6-9(8)13(15)16/h4-6H,1,7H2,2-3H3. The fraction of sp³-hybridized carbons (Fsp3) is 0.250. The summed E-state index contributed by atoms with van der Waals surface area (Å²) in [4.78, 5) is 21.3. The minimum absolute atomic E-state index is 0.206. The molecule has 0 saturated heterocycles. The van der Waals surface area contributed by atoms with Crippen molar-refractivity contribution in [2.45, 2.75) is 6.61 Å². The second-order valence-corrected chi connectivity index (χ2v) is 3.40. The molecule has 0 N–H and O–H groups in total. The number of benzene rings is 1. The summed E-state index contributed by atoms with van der Waals surface area (Å²) < 4.78 is 14.8. The third kappa shape index (κ3) is 3.44. The van der Waals surface area contributed by atoms with Crippen LogP contribution in [0.15, 0.2) is 24.8 Å². The van der Waals surface area contributed by atoms with Gasteiger partial charge in [0.05, 0.1) is 30.8 Å². The molecule has 102 valence electrons. The lowest BCUT2D eigenvalue weighted by Gasteiger charge is -2.10. The number of nitrogens with zero attached hydrogens (tertiary/aromatic N) is 1. The Morgan fingerprint density at radius 1 is 1.37 bits per heavy atom. The molecule has 1 rings (SSSR count). The number of carbonyl (C=O) groups excluding carboxylic acids is 1. The molecule has 0 heterocycles. The van der Waals surface area contributed by atoms with Crippen LogP contribution in [-0.2, 0) is 16.1 Å². The maximum absolute atomic E-state index is 11.0. The number of rotatable bonds is 6. The van der Waals surface area contributed by atoms with Crippen LogP contribution in [0.3, 0.4) is 0 Å². The van der Waals surface area contributed by atoms with Gasteiger partial charge in [-0.25, -0.2) is 4.79 Å². The van der Waals surface area contributed by atoms with E-state index in [9.17, 15) is 14.9 Å². The van der Waals surface area contributed by atoms with Crippen molar-refractivity contribution in [1.29, 1.82) is 0 Å². The van der Waals surface area contributed by atoms with Crippen LogP contribution in [0, 0.1) is 10.1 Å². The maximum atomic E-state index is 11.0. The summed E-state index contributed by atoms with van der Waals surface area (Å²) in [6, 6.07) is 2.61. The van der Waals surface area contributed by atoms with Gasteiger partial charge >= 0.3 is 5.97 Å². The van der Waals surface area contributed by atoms with Crippen LogP contribution in [-0.4, -0.2) is 25.1 Å². The molecule has 0 fully saturated rings. The molecular formula is C12H13NO6. The highest BCUT2D eigenvalue weighted by Crippen LogP contribution is 2.34. The molecule has 0 aliphatic rings. The molecule has 19 heavy (non-hydrogen) atoms. The molecule has 0 aromatic heterocycles. The molecule has 0 amide bonds. The van der Waals surface area contributed by atoms with E-state index < -0.39 is 10.9 Å². The van der Waals surface area contributed by atoms with Crippen LogP contribution in [0.4, 0.5) is 5.69 Å². The lowest BCUT2D eigenvalue weighted by molar-refractivity contribution is -0.385. The van der Waals surface area contributed by atoms with Gasteiger partial charge < -0.3 is 14.2 Å². The number of hydrogen-bond acceptors (Lipinski definition) is 6. The van der Waals surface area contributed by atoms with Gasteiger partial charge in [0.1, 0.15) is 6.61 Å². The normalized spacial score (nSPS) is 9.58. The number of ether oxygens (including phenoxy) is 3. The number of methoxy groups -OCH3 is 2. The maximum Gasteiger partial charge on any atom is 0.330 e. The van der Waals surface area contributed by atoms with Crippen LogP contribution < -0.4 is 9.47 Å². The zero-order chi connectivity index (χ0) is 14.4. The third-order valence-corrected chi connectivity index (χ3v) is 2.32. The predicted octanol–water partition coefficient (Wildman–Crippen LogP) is 1.84. The highest BCUT2D eigenvalue weighted by Gasteiger charge is 2.20. The molecule has 0 atom stereocenters. The third-order valence-electron chi connectivity index (χ3n) is 2.32. The Bertz CT molecular complexity index is 511. The number of nitro benzene ring substituents is 1. The summed E-state index contributed by atoms with van der Waals surface area (Å²) in [5.74, 6) is -0.116. The quantitative estimate of drug-likeness (QED) is 0.338. The molecule has 0 saturated carbocycles. The van der Waals surface area contributed by atoms with Gasteiger partial charge in [0.2, 0.25) is 0 Å². The molecule has 0 unspecified atom stereocenters. The first kappa shape index (κ1) is 14.5. The van der Waals surface area contributed by atoms with Crippen LogP contribution in [0.5, 0.6) is 11.5 Å². The number of esters is 1. The number of hydrogen-bond donors (Lipinski definition) is 0. The summed E-state index contributed by atoms with van der Waals surface area (Å²) in [5.41, 5.74) is -0.00707. The van der Waals surface area contributed by atoms with Gasteiger partial charge in [0.15, 0.2) is 11.5 Å². The molecule has 7 nitrogen and oxygen atoms in total. The average Bonchev–Trinajstić information content (AvgIpc) is 2.43. The molecule has 0 aliphatic carbocycles. The molecule has 1 aromatic carbocycles. The van der Waals surface area contributed by atoms with E-state index in [0.717, 1.165) is 6.08 Å². The lowest BCUT2D eigenvalue weighted by Crippen LogP contribution is -2.04. The summed E-state index contributed by atoms with van der Waals surface area (Å²) >= 11 is 0. The smallest absolute Gasteiger partial charge is 0.330 e. The van der Waals surface area contributed by atoms with Gasteiger partial charge in [-0.1, -0.05) is 6.58 Å². The molecule has 0 spiro atoms. The van der Waals surface area contributed by atoms with Crippen molar-refractivity contribution in [1.82, 2.24) is 0 Å². The second-order valence-electron chi connectivity index (χ2n) is 3.40. The van der Waals surface area contributed by atoms with E-state index in [1.165, 1.54) is 26.4 Å². The summed E-state index contributed by atoms with van der Waals surface area (Å²) in [6.45, 7) is 2.99. The highest BCUT2D eigenvalue weighted by molar-refractivity contribution is 5.81. The van der Waals surface area contributed by atoms with Gasteiger partial charge in [-0.15, -0.1) is 0 Å². The highest BCUT2D eigenvalue weighted by atomic mass is 16.6. The van der Waals surface area contributed by atoms with Crippen molar-refractivity contribution < 1.29 is 23.9 Å². The van der Waals surface area contributed by atoms with E-state index in [2.05, 4.69) is 6.58 Å². The first-order valence-corrected chi connectivity index (χ1v) is 5.22. The Morgan fingerprint density at radius 3 is 2.42 bits per heavy atom. The predicted molar refractivity (Wildman–Crippen MR) is 66.2 cm³/mol. The Morgan fingerprint density at radius 2 is 1.95 bits per heavy atom. The Kier molecular flexibility index (Phi) is 4.87. The second kappa shape index (κ2) is 6.39. The van der Waals surface area contributed by atoms with Gasteiger partial charge in [0, 0.05) is 6.08 Å². The van der Waals surface area contributed by atoms with Crippen LogP contribution >= 0.6 is 0 Å². The topological polar surface area (TPSA) is 87.9 Å². The van der Waals surface area contributed by atoms with E-state index in [1.807, 2.05) is 0 Å². The van der Waals surface area contributed by atoms with Gasteiger partial charge in [-0.3, -0.25) is 10.1 Å². The fourth-order valence-electron chi connectivity index (χ4n) is 1.40. The van der Waals surface area contributed by atoms with E-state index >= 15 is 0 Å². The van der Waals surface area contributed by atoms with Crippen LogP contribution in [0.25, 0.3) is 0 Å². The van der Waals surface area contributed by atoms with Crippen LogP contribution in [0.2, 0.25) is 0 Å². The van der Waals surface area contributed by atoms with Crippen LogP contribution in [0.1, 0.15) is 5.56 Å². The molecule has 7 heteroatoms. The van der Waals surface area contributed by atoms with Crippen molar-refractivity contribution in [2.24, 2.45) is 0 Å². The number of nitro groups is 1. The number of carbonyl (C=O) groups is 1. The van der Waals surface area contributed by atoms with Gasteiger partial charge in [-0.05, 0) is 6.07 Å². The van der Waals surface area contributed by atoms with Crippen molar-refractivity contribution >= 4 is 11.7 Å². The molecule has 1 aromatic rings. The molecular weight excluding hydrogens is 254 g/mol. The van der Waals surface area contributed by atoms with Gasteiger partial charge in [-0.2, -0.15) is 0 Å².